The van der Waals surface area contributed by atoms with E-state index < -0.39 is 17.8 Å². The monoisotopic (exact) mass is 444 g/mol. The quantitative estimate of drug-likeness (QED) is 0.381. The largest absolute Gasteiger partial charge is 0.481 e. The van der Waals surface area contributed by atoms with Crippen LogP contribution in [0.3, 0.4) is 0 Å². The molecule has 2 fully saturated rings. The Hall–Kier alpha value is -2.41. The van der Waals surface area contributed by atoms with Crippen LogP contribution >= 0.6 is 0 Å². The predicted molar refractivity (Wildman–Crippen MR) is 121 cm³/mol. The van der Waals surface area contributed by atoms with Crippen molar-refractivity contribution >= 4 is 17.8 Å². The van der Waals surface area contributed by atoms with Crippen LogP contribution in [-0.2, 0) is 25.7 Å². The lowest BCUT2D eigenvalue weighted by atomic mass is 9.76. The molecule has 2 aliphatic heterocycles. The van der Waals surface area contributed by atoms with Gasteiger partial charge in [0.25, 0.3) is 0 Å². The zero-order valence-corrected chi connectivity index (χ0v) is 19.0. The van der Waals surface area contributed by atoms with Gasteiger partial charge in [0, 0.05) is 32.0 Å². The van der Waals surface area contributed by atoms with E-state index in [1.807, 2.05) is 37.3 Å². The number of nitrogens with zero attached hydrogens (tertiary/aromatic N) is 1. The Labute approximate surface area is 190 Å². The summed E-state index contributed by atoms with van der Waals surface area (Å²) in [6.45, 7) is 3.25. The number of carbonyl (C=O) groups excluding carboxylic acids is 2. The number of benzene rings is 1. The van der Waals surface area contributed by atoms with Crippen molar-refractivity contribution in [2.24, 2.45) is 11.8 Å². The molecule has 32 heavy (non-hydrogen) atoms. The van der Waals surface area contributed by atoms with E-state index in [4.69, 9.17) is 9.84 Å². The van der Waals surface area contributed by atoms with Gasteiger partial charge >= 0.3 is 17.8 Å². The Morgan fingerprint density at radius 3 is 2.41 bits per heavy atom. The smallest absolute Gasteiger partial charge is 0.312 e. The highest BCUT2D eigenvalue weighted by Gasteiger charge is 2.48. The number of carboxylic acid groups (broad SMARTS) is 1. The van der Waals surface area contributed by atoms with Crippen molar-refractivity contribution in [2.45, 2.75) is 77.0 Å². The number of hydrogen-bond acceptors (Lipinski definition) is 4. The van der Waals surface area contributed by atoms with Gasteiger partial charge in [0.2, 0.25) is 0 Å². The van der Waals surface area contributed by atoms with Gasteiger partial charge in [-0.25, -0.2) is 0 Å². The van der Waals surface area contributed by atoms with Gasteiger partial charge in [0.1, 0.15) is 0 Å². The average molecular weight is 445 g/mol. The summed E-state index contributed by atoms with van der Waals surface area (Å²) >= 11 is 0. The summed E-state index contributed by atoms with van der Waals surface area (Å²) in [7, 11) is 0. The minimum absolute atomic E-state index is 0.166. The van der Waals surface area contributed by atoms with Gasteiger partial charge in [-0.05, 0) is 44.1 Å². The number of carbonyl (C=O) groups is 3. The number of fused-ring (bicyclic) bond motifs is 2. The van der Waals surface area contributed by atoms with Gasteiger partial charge in [-0.2, -0.15) is 0 Å². The molecule has 7 nitrogen and oxygen atoms in total. The summed E-state index contributed by atoms with van der Waals surface area (Å²) in [5.41, 5.74) is 1.00. The minimum Gasteiger partial charge on any atom is -0.481 e. The average Bonchev–Trinajstić information content (AvgIpc) is 3.40. The SMILES string of the molecule is CCN(Cc1ccccc1)C(=O)C(=O)NCC1C2CCC(O2)C1CCCCCCC(=O)O. The lowest BCUT2D eigenvalue weighted by Gasteiger charge is -2.28. The van der Waals surface area contributed by atoms with E-state index in [-0.39, 0.29) is 24.5 Å². The second-order valence-electron chi connectivity index (χ2n) is 8.98. The molecule has 2 heterocycles. The van der Waals surface area contributed by atoms with E-state index in [1.165, 1.54) is 0 Å². The van der Waals surface area contributed by atoms with Crippen molar-refractivity contribution < 1.29 is 24.2 Å². The summed E-state index contributed by atoms with van der Waals surface area (Å²) in [5, 5.41) is 11.6. The fourth-order valence-corrected chi connectivity index (χ4v) is 5.12. The van der Waals surface area contributed by atoms with E-state index >= 15 is 0 Å². The number of unbranched alkanes of at least 4 members (excludes halogenated alkanes) is 3. The number of likely N-dealkylation sites (N-methyl/N-ethyl adjacent to an activating group) is 1. The highest BCUT2D eigenvalue weighted by atomic mass is 16.5. The van der Waals surface area contributed by atoms with Crippen LogP contribution in [0, 0.1) is 11.8 Å². The molecule has 3 rings (SSSR count). The molecule has 2 amide bonds. The van der Waals surface area contributed by atoms with Crippen molar-refractivity contribution in [1.82, 2.24) is 10.2 Å². The van der Waals surface area contributed by atoms with Crippen molar-refractivity contribution in [3.63, 3.8) is 0 Å². The van der Waals surface area contributed by atoms with E-state index in [0.717, 1.165) is 50.5 Å². The highest BCUT2D eigenvalue weighted by Crippen LogP contribution is 2.45. The van der Waals surface area contributed by atoms with E-state index in [1.54, 1.807) is 4.90 Å². The molecule has 0 spiro atoms. The molecule has 1 aromatic carbocycles. The van der Waals surface area contributed by atoms with Crippen LogP contribution in [-0.4, -0.2) is 53.1 Å². The van der Waals surface area contributed by atoms with E-state index in [0.29, 0.717) is 25.6 Å². The molecule has 0 aliphatic carbocycles. The summed E-state index contributed by atoms with van der Waals surface area (Å²) in [4.78, 5) is 37.5. The Morgan fingerprint density at radius 2 is 1.72 bits per heavy atom. The van der Waals surface area contributed by atoms with Crippen LogP contribution in [0.2, 0.25) is 0 Å². The van der Waals surface area contributed by atoms with Gasteiger partial charge in [-0.3, -0.25) is 14.4 Å². The lowest BCUT2D eigenvalue weighted by molar-refractivity contribution is -0.146. The van der Waals surface area contributed by atoms with Gasteiger partial charge in [-0.15, -0.1) is 0 Å². The molecule has 2 aliphatic rings. The van der Waals surface area contributed by atoms with Gasteiger partial charge in [0.15, 0.2) is 0 Å². The third-order valence-corrected chi connectivity index (χ3v) is 6.85. The van der Waals surface area contributed by atoms with Crippen molar-refractivity contribution in [1.29, 1.82) is 0 Å². The lowest BCUT2D eigenvalue weighted by Crippen LogP contribution is -2.46. The third-order valence-electron chi connectivity index (χ3n) is 6.85. The van der Waals surface area contributed by atoms with Crippen molar-refractivity contribution in [3.05, 3.63) is 35.9 Å². The molecule has 0 radical (unpaired) electrons. The molecule has 2 bridgehead atoms. The molecule has 176 valence electrons. The summed E-state index contributed by atoms with van der Waals surface area (Å²) in [6.07, 6.45) is 7.48. The molecule has 2 N–H and O–H groups in total. The predicted octanol–water partition coefficient (Wildman–Crippen LogP) is 3.37. The Morgan fingerprint density at radius 1 is 1.03 bits per heavy atom. The van der Waals surface area contributed by atoms with Gasteiger partial charge in [0.05, 0.1) is 12.2 Å². The van der Waals surface area contributed by atoms with Crippen LogP contribution in [0.15, 0.2) is 30.3 Å². The number of amides is 2. The second-order valence-corrected chi connectivity index (χ2v) is 8.98. The number of ether oxygens (including phenoxy) is 1. The Bertz CT molecular complexity index is 769. The first-order valence-electron chi connectivity index (χ1n) is 12.0. The normalized spacial score (nSPS) is 23.8. The maximum Gasteiger partial charge on any atom is 0.312 e. The Kier molecular flexibility index (Phi) is 9.09. The van der Waals surface area contributed by atoms with Crippen molar-refractivity contribution in [3.8, 4) is 0 Å². The van der Waals surface area contributed by atoms with Crippen LogP contribution in [0.4, 0.5) is 0 Å². The molecular weight excluding hydrogens is 408 g/mol. The topological polar surface area (TPSA) is 95.9 Å². The summed E-state index contributed by atoms with van der Waals surface area (Å²) < 4.78 is 6.12. The number of hydrogen-bond donors (Lipinski definition) is 2. The summed E-state index contributed by atoms with van der Waals surface area (Å²) in [5.74, 6) is -1.13. The first-order chi connectivity index (χ1) is 15.5. The minimum atomic E-state index is -0.734. The zero-order chi connectivity index (χ0) is 22.9. The van der Waals surface area contributed by atoms with Gasteiger partial charge in [-0.1, -0.05) is 49.6 Å². The number of rotatable bonds is 12. The van der Waals surface area contributed by atoms with Crippen LogP contribution in [0.1, 0.15) is 63.9 Å². The molecule has 0 aromatic heterocycles. The molecule has 4 unspecified atom stereocenters. The molecular formula is C25H36N2O5. The molecule has 4 atom stereocenters. The summed E-state index contributed by atoms with van der Waals surface area (Å²) in [6, 6.07) is 9.68. The fourth-order valence-electron chi connectivity index (χ4n) is 5.12. The molecule has 7 heteroatoms. The van der Waals surface area contributed by atoms with Crippen LogP contribution in [0.25, 0.3) is 0 Å². The first-order valence-corrected chi connectivity index (χ1v) is 12.0. The number of nitrogens with one attached hydrogen (secondary N) is 1. The first kappa shape index (κ1) is 24.2. The molecule has 2 saturated heterocycles. The van der Waals surface area contributed by atoms with Crippen molar-refractivity contribution in [2.75, 3.05) is 13.1 Å². The number of aliphatic carboxylic acids is 1. The standard InChI is InChI=1S/C25H36N2O5/c1-2-27(17-18-10-6-5-7-11-18)25(31)24(30)26-16-20-19(21-14-15-22(20)32-21)12-8-3-4-9-13-23(28)29/h5-7,10-11,19-22H,2-4,8-9,12-17H2,1H3,(H,26,30)(H,28,29). The van der Waals surface area contributed by atoms with Gasteiger partial charge < -0.3 is 20.1 Å². The third kappa shape index (κ3) is 6.55. The maximum absolute atomic E-state index is 12.7. The molecule has 0 saturated carbocycles. The maximum atomic E-state index is 12.7. The number of carboxylic acids is 1. The second kappa shape index (κ2) is 12.0. The molecule has 1 aromatic rings. The Balaban J connectivity index is 1.45. The highest BCUT2D eigenvalue weighted by molar-refractivity contribution is 6.34. The van der Waals surface area contributed by atoms with Crippen LogP contribution in [0.5, 0.6) is 0 Å². The van der Waals surface area contributed by atoms with E-state index in [2.05, 4.69) is 5.32 Å². The fraction of sp³-hybridized carbons (Fsp3) is 0.640. The van der Waals surface area contributed by atoms with E-state index in [9.17, 15) is 14.4 Å². The van der Waals surface area contributed by atoms with Crippen LogP contribution < -0.4 is 5.32 Å². The zero-order valence-electron chi connectivity index (χ0n) is 19.0.